The van der Waals surface area contributed by atoms with E-state index in [1.165, 1.54) is 17.8 Å². The molecule has 2 aliphatic rings. The number of halogens is 1. The summed E-state index contributed by atoms with van der Waals surface area (Å²) in [6, 6.07) is 17.0. The number of anilines is 1. The first-order chi connectivity index (χ1) is 12.3. The molecule has 5 heteroatoms. The lowest BCUT2D eigenvalue weighted by Gasteiger charge is -2.36. The Morgan fingerprint density at radius 2 is 1.68 bits per heavy atom. The average Bonchev–Trinajstić information content (AvgIpc) is 3.12. The van der Waals surface area contributed by atoms with Crippen molar-refractivity contribution in [3.8, 4) is 0 Å². The molecule has 0 aromatic heterocycles. The maximum Gasteiger partial charge on any atom is 0.145 e. The van der Waals surface area contributed by atoms with Crippen LogP contribution in [0.25, 0.3) is 0 Å². The number of hydrogen-bond acceptors (Lipinski definition) is 4. The number of benzene rings is 2. The van der Waals surface area contributed by atoms with Gasteiger partial charge in [0.2, 0.25) is 0 Å². The van der Waals surface area contributed by atoms with Crippen molar-refractivity contribution in [1.29, 1.82) is 0 Å². The molecular weight excluding hydrogens is 317 g/mol. The minimum absolute atomic E-state index is 0.0864. The SMILES string of the molecule is Fc1ccc(C2=NOC(CN3CCN(c4ccccc4)CC3)C2)cc1. The van der Waals surface area contributed by atoms with Crippen LogP contribution in [-0.2, 0) is 4.84 Å². The second-order valence-electron chi connectivity index (χ2n) is 6.60. The van der Waals surface area contributed by atoms with E-state index in [4.69, 9.17) is 4.84 Å². The van der Waals surface area contributed by atoms with E-state index in [9.17, 15) is 4.39 Å². The average molecular weight is 339 g/mol. The number of nitrogens with zero attached hydrogens (tertiary/aromatic N) is 3. The largest absolute Gasteiger partial charge is 0.390 e. The molecule has 0 N–H and O–H groups in total. The number of hydrogen-bond donors (Lipinski definition) is 0. The molecule has 2 aromatic rings. The Morgan fingerprint density at radius 3 is 2.40 bits per heavy atom. The molecule has 0 aliphatic carbocycles. The monoisotopic (exact) mass is 339 g/mol. The van der Waals surface area contributed by atoms with Crippen molar-refractivity contribution in [3.05, 3.63) is 66.0 Å². The molecule has 2 aliphatic heterocycles. The summed E-state index contributed by atoms with van der Waals surface area (Å²) in [5, 5.41) is 4.20. The van der Waals surface area contributed by atoms with Gasteiger partial charge in [0.15, 0.2) is 0 Å². The van der Waals surface area contributed by atoms with Gasteiger partial charge in [0.05, 0.1) is 5.71 Å². The molecule has 0 radical (unpaired) electrons. The van der Waals surface area contributed by atoms with Crippen LogP contribution < -0.4 is 4.90 Å². The third-order valence-electron chi connectivity index (χ3n) is 4.87. The van der Waals surface area contributed by atoms with E-state index in [2.05, 4.69) is 45.3 Å². The maximum absolute atomic E-state index is 13.0. The molecule has 0 amide bonds. The smallest absolute Gasteiger partial charge is 0.145 e. The van der Waals surface area contributed by atoms with Gasteiger partial charge in [-0.1, -0.05) is 35.5 Å². The van der Waals surface area contributed by atoms with E-state index in [1.54, 1.807) is 12.1 Å². The molecule has 2 heterocycles. The van der Waals surface area contributed by atoms with Gasteiger partial charge < -0.3 is 9.74 Å². The van der Waals surface area contributed by atoms with E-state index >= 15 is 0 Å². The predicted molar refractivity (Wildman–Crippen MR) is 97.5 cm³/mol. The molecule has 4 rings (SSSR count). The topological polar surface area (TPSA) is 28.1 Å². The first-order valence-electron chi connectivity index (χ1n) is 8.79. The molecule has 0 saturated carbocycles. The first kappa shape index (κ1) is 16.1. The zero-order valence-electron chi connectivity index (χ0n) is 14.1. The van der Waals surface area contributed by atoms with Gasteiger partial charge in [0, 0.05) is 44.8 Å². The van der Waals surface area contributed by atoms with E-state index in [0.29, 0.717) is 0 Å². The van der Waals surface area contributed by atoms with Crippen molar-refractivity contribution in [2.45, 2.75) is 12.5 Å². The Hall–Kier alpha value is -2.40. The minimum Gasteiger partial charge on any atom is -0.390 e. The van der Waals surface area contributed by atoms with Crippen LogP contribution in [-0.4, -0.2) is 49.4 Å². The Morgan fingerprint density at radius 1 is 0.960 bits per heavy atom. The van der Waals surface area contributed by atoms with Gasteiger partial charge in [-0.15, -0.1) is 0 Å². The third kappa shape index (κ3) is 3.82. The summed E-state index contributed by atoms with van der Waals surface area (Å²) in [6.07, 6.45) is 0.869. The van der Waals surface area contributed by atoms with Crippen LogP contribution in [0.5, 0.6) is 0 Å². The van der Waals surface area contributed by atoms with Crippen molar-refractivity contribution < 1.29 is 9.23 Å². The van der Waals surface area contributed by atoms with E-state index < -0.39 is 0 Å². The molecule has 0 bridgehead atoms. The van der Waals surface area contributed by atoms with Crippen LogP contribution in [0, 0.1) is 5.82 Å². The summed E-state index contributed by atoms with van der Waals surface area (Å²) in [5.74, 6) is -0.226. The first-order valence-corrected chi connectivity index (χ1v) is 8.79. The Balaban J connectivity index is 1.27. The van der Waals surface area contributed by atoms with Crippen LogP contribution in [0.2, 0.25) is 0 Å². The van der Waals surface area contributed by atoms with Crippen LogP contribution in [0.1, 0.15) is 12.0 Å². The zero-order valence-corrected chi connectivity index (χ0v) is 14.1. The van der Waals surface area contributed by atoms with Crippen molar-refractivity contribution in [2.75, 3.05) is 37.6 Å². The standard InChI is InChI=1S/C20H22FN3O/c21-17-8-6-16(7-9-17)20-14-19(25-22-20)15-23-10-12-24(13-11-23)18-4-2-1-3-5-18/h1-9,19H,10-15H2. The predicted octanol–water partition coefficient (Wildman–Crippen LogP) is 3.14. The molecule has 0 spiro atoms. The summed E-state index contributed by atoms with van der Waals surface area (Å²) in [6.45, 7) is 5.00. The lowest BCUT2D eigenvalue weighted by atomic mass is 10.0. The van der Waals surface area contributed by atoms with Gasteiger partial charge in [-0.3, -0.25) is 4.90 Å². The van der Waals surface area contributed by atoms with E-state index in [0.717, 1.165) is 50.4 Å². The molecule has 1 saturated heterocycles. The maximum atomic E-state index is 13.0. The van der Waals surface area contributed by atoms with Gasteiger partial charge in [-0.05, 0) is 29.8 Å². The number of piperazine rings is 1. The highest BCUT2D eigenvalue weighted by molar-refractivity contribution is 6.01. The lowest BCUT2D eigenvalue weighted by Crippen LogP contribution is -2.48. The van der Waals surface area contributed by atoms with Crippen LogP contribution in [0.3, 0.4) is 0 Å². The molecule has 1 fully saturated rings. The van der Waals surface area contributed by atoms with Crippen molar-refractivity contribution in [3.63, 3.8) is 0 Å². The van der Waals surface area contributed by atoms with E-state index in [-0.39, 0.29) is 11.9 Å². The second kappa shape index (κ2) is 7.23. The van der Waals surface area contributed by atoms with Crippen molar-refractivity contribution in [2.24, 2.45) is 5.16 Å². The summed E-state index contributed by atoms with van der Waals surface area (Å²) in [5.41, 5.74) is 3.15. The van der Waals surface area contributed by atoms with Gasteiger partial charge in [-0.2, -0.15) is 0 Å². The van der Waals surface area contributed by atoms with Gasteiger partial charge in [0.25, 0.3) is 0 Å². The van der Waals surface area contributed by atoms with Crippen LogP contribution in [0.4, 0.5) is 10.1 Å². The summed E-state index contributed by atoms with van der Waals surface area (Å²) >= 11 is 0. The minimum atomic E-state index is -0.226. The number of para-hydroxylation sites is 1. The molecule has 2 aromatic carbocycles. The zero-order chi connectivity index (χ0) is 17.1. The number of rotatable bonds is 4. The molecular formula is C20H22FN3O. The Kier molecular flexibility index (Phi) is 4.65. The Labute approximate surface area is 147 Å². The molecule has 1 atom stereocenters. The normalized spacial score (nSPS) is 21.1. The fourth-order valence-electron chi connectivity index (χ4n) is 3.45. The molecule has 1 unspecified atom stereocenters. The lowest BCUT2D eigenvalue weighted by molar-refractivity contribution is 0.0510. The quantitative estimate of drug-likeness (QED) is 0.857. The molecule has 25 heavy (non-hydrogen) atoms. The second-order valence-corrected chi connectivity index (χ2v) is 6.60. The van der Waals surface area contributed by atoms with Gasteiger partial charge in [-0.25, -0.2) is 4.39 Å². The van der Waals surface area contributed by atoms with Crippen LogP contribution >= 0.6 is 0 Å². The van der Waals surface area contributed by atoms with Crippen LogP contribution in [0.15, 0.2) is 59.8 Å². The van der Waals surface area contributed by atoms with Crippen molar-refractivity contribution >= 4 is 11.4 Å². The van der Waals surface area contributed by atoms with Crippen molar-refractivity contribution in [1.82, 2.24) is 4.90 Å². The highest BCUT2D eigenvalue weighted by Gasteiger charge is 2.26. The van der Waals surface area contributed by atoms with E-state index in [1.807, 2.05) is 0 Å². The fraction of sp³-hybridized carbons (Fsp3) is 0.350. The summed E-state index contributed by atoms with van der Waals surface area (Å²) < 4.78 is 13.0. The summed E-state index contributed by atoms with van der Waals surface area (Å²) in [4.78, 5) is 10.5. The molecule has 130 valence electrons. The van der Waals surface area contributed by atoms with Gasteiger partial charge >= 0.3 is 0 Å². The third-order valence-corrected chi connectivity index (χ3v) is 4.87. The molecule has 4 nitrogen and oxygen atoms in total. The number of oxime groups is 1. The van der Waals surface area contributed by atoms with Gasteiger partial charge in [0.1, 0.15) is 11.9 Å². The summed E-state index contributed by atoms with van der Waals surface area (Å²) in [7, 11) is 0. The highest BCUT2D eigenvalue weighted by Crippen LogP contribution is 2.20. The highest BCUT2D eigenvalue weighted by atomic mass is 19.1. The Bertz CT molecular complexity index is 724. The fourth-order valence-corrected chi connectivity index (χ4v) is 3.45.